The van der Waals surface area contributed by atoms with Crippen LogP contribution >= 0.6 is 0 Å². The van der Waals surface area contributed by atoms with Gasteiger partial charge >= 0.3 is 21.0 Å². The van der Waals surface area contributed by atoms with Crippen molar-refractivity contribution in [2.75, 3.05) is 14.2 Å². The molecule has 0 atom stereocenters. The molecule has 0 unspecified atom stereocenters. The number of hydrogen-bond acceptors (Lipinski definition) is 7. The van der Waals surface area contributed by atoms with Crippen molar-refractivity contribution in [2.45, 2.75) is 9.79 Å². The molecular formula is C20H16N2O3S2V. The number of nitrogens with zero attached hydrogens (tertiary/aromatic N) is 2. The molecule has 4 aromatic rings. The summed E-state index contributed by atoms with van der Waals surface area (Å²) in [7, 11) is 3.26. The minimum atomic E-state index is 0.731. The van der Waals surface area contributed by atoms with E-state index < -0.39 is 0 Å². The summed E-state index contributed by atoms with van der Waals surface area (Å²) in [6, 6.07) is 15.2. The average Bonchev–Trinajstić information content (AvgIpc) is 2.75. The molecule has 0 aliphatic carbocycles. The van der Waals surface area contributed by atoms with Gasteiger partial charge in [-0.1, -0.05) is 12.1 Å². The number of ether oxygens (including phenoxy) is 2. The Balaban J connectivity index is 0.000000184. The molecule has 0 amide bonds. The summed E-state index contributed by atoms with van der Waals surface area (Å²) in [4.78, 5) is 9.86. The third kappa shape index (κ3) is 5.36. The molecule has 0 aliphatic heterocycles. The van der Waals surface area contributed by atoms with Gasteiger partial charge in [-0.3, -0.25) is 9.97 Å². The fraction of sp³-hybridized carbons (Fsp3) is 0.100. The molecule has 0 spiro atoms. The summed E-state index contributed by atoms with van der Waals surface area (Å²) < 4.78 is 18.4. The van der Waals surface area contributed by atoms with E-state index in [2.05, 4.69) is 9.97 Å². The van der Waals surface area contributed by atoms with Crippen molar-refractivity contribution in [1.82, 2.24) is 9.97 Å². The van der Waals surface area contributed by atoms with Crippen molar-refractivity contribution in [3.05, 3.63) is 60.9 Å². The number of fused-ring (bicyclic) bond motifs is 2. The van der Waals surface area contributed by atoms with E-state index in [9.17, 15) is 0 Å². The first kappa shape index (κ1) is 22.0. The number of pyridine rings is 2. The zero-order valence-corrected chi connectivity index (χ0v) is 18.2. The van der Waals surface area contributed by atoms with E-state index >= 15 is 0 Å². The number of rotatable bonds is 2. The second kappa shape index (κ2) is 10.9. The van der Waals surface area contributed by atoms with Crippen LogP contribution < -0.4 is 9.47 Å². The molecule has 2 aromatic carbocycles. The van der Waals surface area contributed by atoms with Crippen LogP contribution in [-0.4, -0.2) is 24.2 Å². The van der Waals surface area contributed by atoms with Crippen LogP contribution in [0.15, 0.2) is 70.7 Å². The first-order valence-corrected chi connectivity index (χ1v) is 9.39. The summed E-state index contributed by atoms with van der Waals surface area (Å²) in [6.45, 7) is 0. The first-order chi connectivity index (χ1) is 13.6. The Bertz CT molecular complexity index is 994. The number of methoxy groups -OCH3 is 2. The average molecular weight is 447 g/mol. The molecule has 0 saturated heterocycles. The summed E-state index contributed by atoms with van der Waals surface area (Å²) in [5.41, 5.74) is 1.72. The van der Waals surface area contributed by atoms with Gasteiger partial charge in [-0.15, -0.1) is 9.79 Å². The fourth-order valence-corrected chi connectivity index (χ4v) is 3.07. The van der Waals surface area contributed by atoms with Gasteiger partial charge in [0, 0.05) is 23.2 Å². The maximum atomic E-state index is 8.19. The van der Waals surface area contributed by atoms with Crippen molar-refractivity contribution in [3.8, 4) is 11.5 Å². The quantitative estimate of drug-likeness (QED) is 0.427. The fourth-order valence-electron chi connectivity index (χ4n) is 2.50. The van der Waals surface area contributed by atoms with Crippen molar-refractivity contribution in [2.24, 2.45) is 0 Å². The third-order valence-corrected chi connectivity index (χ3v) is 4.38. The molecule has 0 aliphatic rings. The first-order valence-electron chi connectivity index (χ1n) is 8.00. The van der Waals surface area contributed by atoms with Crippen molar-refractivity contribution >= 4 is 47.1 Å². The molecule has 5 nitrogen and oxygen atoms in total. The van der Waals surface area contributed by atoms with Crippen LogP contribution in [-0.2, 0) is 46.3 Å². The van der Waals surface area contributed by atoms with E-state index in [0.29, 0.717) is 0 Å². The van der Waals surface area contributed by atoms with Gasteiger partial charge in [-0.25, -0.2) is 0 Å². The van der Waals surface area contributed by atoms with Gasteiger partial charge in [0.25, 0.3) is 0 Å². The molecule has 8 heteroatoms. The van der Waals surface area contributed by atoms with E-state index in [1.807, 2.05) is 48.5 Å². The topological polar surface area (TPSA) is 61.3 Å². The van der Waals surface area contributed by atoms with Crippen LogP contribution in [0, 0.1) is 0 Å². The Hall–Kier alpha value is -2.32. The van der Waals surface area contributed by atoms with E-state index in [1.54, 1.807) is 26.6 Å². The molecule has 0 N–H and O–H groups in total. The molecular weight excluding hydrogens is 431 g/mol. The van der Waals surface area contributed by atoms with Crippen LogP contribution in [0.1, 0.15) is 0 Å². The number of benzene rings is 2. The molecule has 28 heavy (non-hydrogen) atoms. The van der Waals surface area contributed by atoms with Gasteiger partial charge < -0.3 is 34.7 Å². The minimum absolute atomic E-state index is 0.731. The number of aromatic nitrogens is 2. The molecule has 0 saturated carbocycles. The van der Waals surface area contributed by atoms with Crippen molar-refractivity contribution in [1.29, 1.82) is 0 Å². The van der Waals surface area contributed by atoms with Crippen LogP contribution in [0.4, 0.5) is 0 Å². The second-order valence-electron chi connectivity index (χ2n) is 5.40. The van der Waals surface area contributed by atoms with E-state index in [-0.39, 0.29) is 0 Å². The Morgan fingerprint density at radius 3 is 1.50 bits per heavy atom. The van der Waals surface area contributed by atoms with Crippen molar-refractivity contribution in [3.63, 3.8) is 0 Å². The van der Waals surface area contributed by atoms with E-state index in [1.165, 1.54) is 0 Å². The van der Waals surface area contributed by atoms with Gasteiger partial charge in [0.05, 0.1) is 25.3 Å². The zero-order valence-electron chi connectivity index (χ0n) is 15.2. The normalized spacial score (nSPS) is 9.71. The summed E-state index contributed by atoms with van der Waals surface area (Å²) in [5.74, 6) is 1.57. The molecule has 141 valence electrons. The summed E-state index contributed by atoms with van der Waals surface area (Å²) in [5, 5.41) is 2.04. The molecule has 4 rings (SSSR count). The molecule has 2 heterocycles. The maximum absolute atomic E-state index is 8.19. The predicted octanol–water partition coefficient (Wildman–Crippen LogP) is 4.18. The standard InChI is InChI=1S/2C10H9NOS.O.V/c2*1-12-8-5-7-3-2-4-11-10(7)9(13)6-8;;/h2*2-6,13H,1H3;;/q;;;+2/p-2. The Kier molecular flexibility index (Phi) is 8.54. The molecule has 0 bridgehead atoms. The van der Waals surface area contributed by atoms with Gasteiger partial charge in [0.2, 0.25) is 0 Å². The zero-order chi connectivity index (χ0) is 20.5. The van der Waals surface area contributed by atoms with Gasteiger partial charge in [0.1, 0.15) is 11.5 Å². The van der Waals surface area contributed by atoms with Crippen LogP contribution in [0.2, 0.25) is 0 Å². The van der Waals surface area contributed by atoms with Crippen LogP contribution in [0.25, 0.3) is 21.8 Å². The SMILES string of the molecule is COc1cc([S-])c2ncccc2c1.COc1cc([S-])c2ncccc2c1.[O]=[V+2]. The van der Waals surface area contributed by atoms with Crippen molar-refractivity contribution < 1.29 is 30.5 Å². The van der Waals surface area contributed by atoms with Gasteiger partial charge in [0.15, 0.2) is 0 Å². The Morgan fingerprint density at radius 2 is 1.14 bits per heavy atom. The monoisotopic (exact) mass is 447 g/mol. The Morgan fingerprint density at radius 1 is 0.750 bits per heavy atom. The second-order valence-corrected chi connectivity index (χ2v) is 6.28. The summed E-state index contributed by atoms with van der Waals surface area (Å²) in [6.07, 6.45) is 3.48. The predicted molar refractivity (Wildman–Crippen MR) is 109 cm³/mol. The number of hydrogen-bond donors (Lipinski definition) is 0. The van der Waals surface area contributed by atoms with E-state index in [0.717, 1.165) is 60.5 Å². The molecule has 0 radical (unpaired) electrons. The molecule has 0 fully saturated rings. The van der Waals surface area contributed by atoms with E-state index in [4.69, 9.17) is 38.4 Å². The third-order valence-electron chi connectivity index (χ3n) is 3.76. The molecule has 2 aromatic heterocycles. The van der Waals surface area contributed by atoms with Crippen LogP contribution in [0.3, 0.4) is 0 Å². The van der Waals surface area contributed by atoms with Gasteiger partial charge in [-0.05, 0) is 36.4 Å². The Labute approximate surface area is 183 Å². The summed E-state index contributed by atoms with van der Waals surface area (Å²) >= 11 is 11.4. The van der Waals surface area contributed by atoms with Gasteiger partial charge in [-0.2, -0.15) is 0 Å². The van der Waals surface area contributed by atoms with Crippen LogP contribution in [0.5, 0.6) is 11.5 Å².